The molecule has 0 saturated carbocycles. The van der Waals surface area contributed by atoms with Crippen LogP contribution in [0, 0.1) is 17.8 Å². The van der Waals surface area contributed by atoms with E-state index in [-0.39, 0.29) is 41.5 Å². The van der Waals surface area contributed by atoms with Gasteiger partial charge in [-0.3, -0.25) is 19.3 Å². The van der Waals surface area contributed by atoms with E-state index < -0.39 is 6.04 Å². The largest absolute Gasteiger partial charge is 0.352 e. The number of likely N-dealkylation sites (tertiary alicyclic amines) is 1. The van der Waals surface area contributed by atoms with Crippen molar-refractivity contribution < 1.29 is 14.4 Å². The summed E-state index contributed by atoms with van der Waals surface area (Å²) < 4.78 is 0. The average Bonchev–Trinajstić information content (AvgIpc) is 2.68. The first kappa shape index (κ1) is 16.7. The van der Waals surface area contributed by atoms with E-state index in [2.05, 4.69) is 5.32 Å². The molecule has 0 aromatic carbocycles. The fraction of sp³-hybridized carbons (Fsp3) is 0.706. The van der Waals surface area contributed by atoms with Crippen molar-refractivity contribution in [1.82, 2.24) is 10.2 Å². The van der Waals surface area contributed by atoms with Crippen LogP contribution < -0.4 is 5.32 Å². The van der Waals surface area contributed by atoms with Gasteiger partial charge in [-0.15, -0.1) is 0 Å². The fourth-order valence-electron chi connectivity index (χ4n) is 3.29. The number of amides is 3. The number of fused-ring (bicyclic) bond motifs is 1. The van der Waals surface area contributed by atoms with Crippen molar-refractivity contribution in [2.75, 3.05) is 0 Å². The normalized spacial score (nSPS) is 25.8. The van der Waals surface area contributed by atoms with E-state index in [0.717, 1.165) is 0 Å². The molecular formula is C17H26N2O3. The van der Waals surface area contributed by atoms with Crippen molar-refractivity contribution in [2.24, 2.45) is 17.8 Å². The Hall–Kier alpha value is -1.65. The second kappa shape index (κ2) is 6.63. The van der Waals surface area contributed by atoms with E-state index in [1.54, 1.807) is 0 Å². The van der Waals surface area contributed by atoms with Crippen molar-refractivity contribution in [2.45, 2.75) is 59.0 Å². The van der Waals surface area contributed by atoms with Crippen LogP contribution in [0.25, 0.3) is 0 Å². The minimum absolute atomic E-state index is 0.0149. The molecule has 0 spiro atoms. The van der Waals surface area contributed by atoms with Gasteiger partial charge in [0.1, 0.15) is 6.04 Å². The monoisotopic (exact) mass is 306 g/mol. The minimum Gasteiger partial charge on any atom is -0.352 e. The van der Waals surface area contributed by atoms with E-state index in [1.165, 1.54) is 4.90 Å². The van der Waals surface area contributed by atoms with Crippen LogP contribution >= 0.6 is 0 Å². The Balaban J connectivity index is 2.25. The Morgan fingerprint density at radius 2 is 1.64 bits per heavy atom. The molecule has 1 heterocycles. The maximum atomic E-state index is 12.7. The number of hydrogen-bond donors (Lipinski definition) is 1. The Labute approximate surface area is 132 Å². The summed E-state index contributed by atoms with van der Waals surface area (Å²) in [5, 5.41) is 2.85. The molecule has 2 rings (SSSR count). The molecule has 1 fully saturated rings. The molecule has 3 amide bonds. The number of carbonyl (C=O) groups is 3. The first-order valence-corrected chi connectivity index (χ1v) is 8.15. The topological polar surface area (TPSA) is 66.5 Å². The third kappa shape index (κ3) is 3.23. The first-order chi connectivity index (χ1) is 10.3. The van der Waals surface area contributed by atoms with Gasteiger partial charge in [0, 0.05) is 6.04 Å². The van der Waals surface area contributed by atoms with Gasteiger partial charge >= 0.3 is 0 Å². The standard InChI is InChI=1S/C17H26N2O3/c1-10(2)9-14(15(20)18-11(3)4)19-16(21)12-7-5-6-8-13(12)17(19)22/h5-6,10-14H,7-9H2,1-4H3,(H,18,20)/t12-,13+,14-/m0/s1. The van der Waals surface area contributed by atoms with E-state index in [1.807, 2.05) is 39.8 Å². The fourth-order valence-corrected chi connectivity index (χ4v) is 3.29. The molecule has 5 heteroatoms. The minimum atomic E-state index is -0.687. The lowest BCUT2D eigenvalue weighted by Gasteiger charge is -2.28. The summed E-state index contributed by atoms with van der Waals surface area (Å²) in [6.45, 7) is 7.74. The quantitative estimate of drug-likeness (QED) is 0.623. The van der Waals surface area contributed by atoms with Crippen molar-refractivity contribution >= 4 is 17.7 Å². The third-order valence-electron chi connectivity index (χ3n) is 4.28. The number of rotatable bonds is 5. The van der Waals surface area contributed by atoms with Crippen LogP contribution in [0.5, 0.6) is 0 Å². The second-order valence-electron chi connectivity index (χ2n) is 7.01. The molecule has 0 unspecified atom stereocenters. The Kier molecular flexibility index (Phi) is 5.04. The molecule has 2 aliphatic rings. The molecule has 22 heavy (non-hydrogen) atoms. The smallest absolute Gasteiger partial charge is 0.243 e. The molecule has 0 bridgehead atoms. The van der Waals surface area contributed by atoms with Crippen molar-refractivity contribution in [3.63, 3.8) is 0 Å². The number of nitrogens with one attached hydrogen (secondary N) is 1. The van der Waals surface area contributed by atoms with Gasteiger partial charge in [0.15, 0.2) is 0 Å². The van der Waals surface area contributed by atoms with Crippen LogP contribution in [0.15, 0.2) is 12.2 Å². The highest BCUT2D eigenvalue weighted by Gasteiger charge is 2.51. The lowest BCUT2D eigenvalue weighted by molar-refractivity contribution is -0.148. The summed E-state index contributed by atoms with van der Waals surface area (Å²) in [6, 6.07) is -0.702. The van der Waals surface area contributed by atoms with E-state index >= 15 is 0 Å². The third-order valence-corrected chi connectivity index (χ3v) is 4.28. The summed E-state index contributed by atoms with van der Waals surface area (Å²) in [7, 11) is 0. The second-order valence-corrected chi connectivity index (χ2v) is 7.01. The lowest BCUT2D eigenvalue weighted by atomic mass is 9.85. The zero-order valence-corrected chi connectivity index (χ0v) is 13.8. The molecule has 0 radical (unpaired) electrons. The number of hydrogen-bond acceptors (Lipinski definition) is 3. The Bertz CT molecular complexity index is 470. The number of nitrogens with zero attached hydrogens (tertiary/aromatic N) is 1. The van der Waals surface area contributed by atoms with Crippen molar-refractivity contribution in [3.05, 3.63) is 12.2 Å². The highest BCUT2D eigenvalue weighted by atomic mass is 16.2. The van der Waals surface area contributed by atoms with Crippen LogP contribution in [0.3, 0.4) is 0 Å². The Morgan fingerprint density at radius 1 is 1.14 bits per heavy atom. The molecule has 0 aromatic rings. The zero-order chi connectivity index (χ0) is 16.4. The van der Waals surface area contributed by atoms with Gasteiger partial charge in [0.25, 0.3) is 0 Å². The lowest BCUT2D eigenvalue weighted by Crippen LogP contribution is -2.51. The molecule has 122 valence electrons. The van der Waals surface area contributed by atoms with Gasteiger partial charge in [-0.05, 0) is 39.0 Å². The molecule has 1 aliphatic heterocycles. The molecule has 0 aromatic heterocycles. The van der Waals surface area contributed by atoms with Gasteiger partial charge in [0.05, 0.1) is 11.8 Å². The van der Waals surface area contributed by atoms with Crippen LogP contribution in [0.4, 0.5) is 0 Å². The van der Waals surface area contributed by atoms with E-state index in [0.29, 0.717) is 19.3 Å². The van der Waals surface area contributed by atoms with Crippen molar-refractivity contribution in [3.8, 4) is 0 Å². The number of imide groups is 1. The predicted octanol–water partition coefficient (Wildman–Crippen LogP) is 1.88. The van der Waals surface area contributed by atoms with E-state index in [9.17, 15) is 14.4 Å². The van der Waals surface area contributed by atoms with Gasteiger partial charge in [0.2, 0.25) is 17.7 Å². The highest BCUT2D eigenvalue weighted by Crippen LogP contribution is 2.37. The van der Waals surface area contributed by atoms with Gasteiger partial charge < -0.3 is 5.32 Å². The maximum Gasteiger partial charge on any atom is 0.243 e. The molecular weight excluding hydrogens is 280 g/mol. The zero-order valence-electron chi connectivity index (χ0n) is 13.8. The van der Waals surface area contributed by atoms with Gasteiger partial charge in [-0.25, -0.2) is 0 Å². The summed E-state index contributed by atoms with van der Waals surface area (Å²) >= 11 is 0. The SMILES string of the molecule is CC(C)C[C@@H](C(=O)NC(C)C)N1C(=O)[C@H]2CC=CC[C@H]2C1=O. The Morgan fingerprint density at radius 3 is 2.05 bits per heavy atom. The number of allylic oxidation sites excluding steroid dienone is 2. The molecule has 5 nitrogen and oxygen atoms in total. The summed E-state index contributed by atoms with van der Waals surface area (Å²) in [4.78, 5) is 39.1. The molecule has 1 N–H and O–H groups in total. The number of carbonyl (C=O) groups excluding carboxylic acids is 3. The van der Waals surface area contributed by atoms with Gasteiger partial charge in [-0.2, -0.15) is 0 Å². The first-order valence-electron chi connectivity index (χ1n) is 8.15. The van der Waals surface area contributed by atoms with Crippen LogP contribution in [-0.2, 0) is 14.4 Å². The van der Waals surface area contributed by atoms with Crippen LogP contribution in [-0.4, -0.2) is 34.7 Å². The summed E-state index contributed by atoms with van der Waals surface area (Å²) in [5.41, 5.74) is 0. The van der Waals surface area contributed by atoms with Crippen LogP contribution in [0.2, 0.25) is 0 Å². The highest BCUT2D eigenvalue weighted by molar-refractivity contribution is 6.08. The predicted molar refractivity (Wildman–Crippen MR) is 83.7 cm³/mol. The van der Waals surface area contributed by atoms with Gasteiger partial charge in [-0.1, -0.05) is 26.0 Å². The van der Waals surface area contributed by atoms with Crippen LogP contribution in [0.1, 0.15) is 47.0 Å². The average molecular weight is 306 g/mol. The maximum absolute atomic E-state index is 12.7. The molecule has 1 aliphatic carbocycles. The van der Waals surface area contributed by atoms with E-state index in [4.69, 9.17) is 0 Å². The summed E-state index contributed by atoms with van der Waals surface area (Å²) in [5.74, 6) is -0.910. The summed E-state index contributed by atoms with van der Waals surface area (Å²) in [6.07, 6.45) is 5.63. The van der Waals surface area contributed by atoms with Crippen molar-refractivity contribution in [1.29, 1.82) is 0 Å². The molecule has 1 saturated heterocycles. The molecule has 3 atom stereocenters.